The van der Waals surface area contributed by atoms with Crippen molar-refractivity contribution in [2.45, 2.75) is 20.8 Å². The molecule has 0 aromatic carbocycles. The van der Waals surface area contributed by atoms with Gasteiger partial charge in [-0.15, -0.1) is 0 Å². The summed E-state index contributed by atoms with van der Waals surface area (Å²) in [4.78, 5) is 13.2. The molecule has 0 atom stereocenters. The minimum atomic E-state index is -0.225. The van der Waals surface area contributed by atoms with Gasteiger partial charge in [0, 0.05) is 5.69 Å². The van der Waals surface area contributed by atoms with Crippen molar-refractivity contribution in [3.8, 4) is 0 Å². The predicted molar refractivity (Wildman–Crippen MR) is 48.2 cm³/mol. The van der Waals surface area contributed by atoms with Crippen LogP contribution in [0.3, 0.4) is 0 Å². The zero-order valence-corrected chi connectivity index (χ0v) is 7.70. The van der Waals surface area contributed by atoms with Crippen molar-refractivity contribution in [2.24, 2.45) is 0 Å². The fourth-order valence-corrected chi connectivity index (χ4v) is 0.665. The Kier molecular flexibility index (Phi) is 4.62. The zero-order valence-electron chi connectivity index (χ0n) is 6.94. The molecular formula is C8H12ClNO. The molecule has 1 N–H and O–H groups in total. The summed E-state index contributed by atoms with van der Waals surface area (Å²) in [5.41, 5.74) is 0.598. The average molecular weight is 174 g/mol. The number of pyridine rings is 1. The number of halogens is 1. The zero-order chi connectivity index (χ0) is 8.85. The van der Waals surface area contributed by atoms with Crippen LogP contribution in [0.1, 0.15) is 19.5 Å². The van der Waals surface area contributed by atoms with Crippen LogP contribution < -0.4 is 5.56 Å². The second kappa shape index (κ2) is 4.97. The molecule has 0 saturated carbocycles. The first kappa shape index (κ1) is 10.2. The van der Waals surface area contributed by atoms with Gasteiger partial charge in [-0.1, -0.05) is 25.4 Å². The van der Waals surface area contributed by atoms with Crippen molar-refractivity contribution in [2.75, 3.05) is 0 Å². The first-order valence-electron chi connectivity index (χ1n) is 3.55. The van der Waals surface area contributed by atoms with Crippen LogP contribution in [0, 0.1) is 6.92 Å². The second-order valence-electron chi connectivity index (χ2n) is 1.82. The van der Waals surface area contributed by atoms with E-state index < -0.39 is 0 Å². The standard InChI is InChI=1S/C6H6ClNO.C2H6/c1-4-2-3-5(7)6(9)8-4;1-2/h2-3H,1H3,(H,8,9);1-2H3. The molecule has 0 bridgehead atoms. The van der Waals surface area contributed by atoms with Crippen LogP contribution in [0.2, 0.25) is 5.02 Å². The van der Waals surface area contributed by atoms with Crippen LogP contribution in [0.15, 0.2) is 16.9 Å². The molecule has 1 aromatic rings. The Labute approximate surface area is 71.2 Å². The highest BCUT2D eigenvalue weighted by molar-refractivity contribution is 6.30. The minimum absolute atomic E-state index is 0.225. The van der Waals surface area contributed by atoms with E-state index in [-0.39, 0.29) is 10.6 Å². The number of hydrogen-bond acceptors (Lipinski definition) is 1. The smallest absolute Gasteiger partial charge is 0.266 e. The van der Waals surface area contributed by atoms with Gasteiger partial charge in [-0.05, 0) is 19.1 Å². The molecule has 2 nitrogen and oxygen atoms in total. The Morgan fingerprint density at radius 2 is 1.91 bits per heavy atom. The maximum absolute atomic E-state index is 10.7. The second-order valence-corrected chi connectivity index (χ2v) is 2.23. The lowest BCUT2D eigenvalue weighted by atomic mass is 10.4. The summed E-state index contributed by atoms with van der Waals surface area (Å²) in [6.45, 7) is 5.80. The van der Waals surface area contributed by atoms with Gasteiger partial charge in [-0.25, -0.2) is 0 Å². The van der Waals surface area contributed by atoms with Crippen LogP contribution in [-0.2, 0) is 0 Å². The van der Waals surface area contributed by atoms with E-state index in [9.17, 15) is 4.79 Å². The highest BCUT2D eigenvalue weighted by atomic mass is 35.5. The highest BCUT2D eigenvalue weighted by Gasteiger charge is 1.91. The van der Waals surface area contributed by atoms with Gasteiger partial charge in [0.2, 0.25) is 0 Å². The molecule has 11 heavy (non-hydrogen) atoms. The van der Waals surface area contributed by atoms with Crippen LogP contribution in [0.4, 0.5) is 0 Å². The summed E-state index contributed by atoms with van der Waals surface area (Å²) in [6, 6.07) is 3.33. The van der Waals surface area contributed by atoms with Gasteiger partial charge in [-0.3, -0.25) is 4.79 Å². The van der Waals surface area contributed by atoms with Crippen LogP contribution >= 0.6 is 11.6 Å². The molecule has 0 aliphatic heterocycles. The van der Waals surface area contributed by atoms with Crippen LogP contribution in [0.25, 0.3) is 0 Å². The molecule has 1 aromatic heterocycles. The summed E-state index contributed by atoms with van der Waals surface area (Å²) in [5.74, 6) is 0. The number of aromatic nitrogens is 1. The third kappa shape index (κ3) is 3.23. The van der Waals surface area contributed by atoms with E-state index in [0.29, 0.717) is 0 Å². The molecule has 0 spiro atoms. The number of nitrogens with one attached hydrogen (secondary N) is 1. The fraction of sp³-hybridized carbons (Fsp3) is 0.375. The number of rotatable bonds is 0. The lowest BCUT2D eigenvalue weighted by Crippen LogP contribution is -2.05. The maximum Gasteiger partial charge on any atom is 0.266 e. The number of hydrogen-bond donors (Lipinski definition) is 1. The van der Waals surface area contributed by atoms with Crippen molar-refractivity contribution in [1.82, 2.24) is 4.98 Å². The molecule has 1 heterocycles. The number of aryl methyl sites for hydroxylation is 1. The third-order valence-corrected chi connectivity index (χ3v) is 1.30. The number of H-pyrrole nitrogens is 1. The van der Waals surface area contributed by atoms with Crippen molar-refractivity contribution >= 4 is 11.6 Å². The van der Waals surface area contributed by atoms with E-state index in [0.717, 1.165) is 5.69 Å². The summed E-state index contributed by atoms with van der Waals surface area (Å²) in [6.07, 6.45) is 0. The van der Waals surface area contributed by atoms with Gasteiger partial charge in [0.25, 0.3) is 5.56 Å². The van der Waals surface area contributed by atoms with Gasteiger partial charge in [0.1, 0.15) is 5.02 Å². The molecule has 0 unspecified atom stereocenters. The van der Waals surface area contributed by atoms with E-state index in [1.54, 1.807) is 19.1 Å². The summed E-state index contributed by atoms with van der Waals surface area (Å²) in [7, 11) is 0. The lowest BCUT2D eigenvalue weighted by molar-refractivity contribution is 1.14. The Morgan fingerprint density at radius 3 is 2.27 bits per heavy atom. The molecule has 0 saturated heterocycles. The Morgan fingerprint density at radius 1 is 1.36 bits per heavy atom. The molecule has 0 amide bonds. The van der Waals surface area contributed by atoms with E-state index in [1.165, 1.54) is 0 Å². The van der Waals surface area contributed by atoms with Crippen LogP contribution in [0.5, 0.6) is 0 Å². The van der Waals surface area contributed by atoms with E-state index in [1.807, 2.05) is 13.8 Å². The molecule has 3 heteroatoms. The quantitative estimate of drug-likeness (QED) is 0.642. The summed E-state index contributed by atoms with van der Waals surface area (Å²) >= 11 is 5.44. The Bertz CT molecular complexity index is 267. The summed E-state index contributed by atoms with van der Waals surface area (Å²) in [5, 5.41) is 0.237. The molecule has 0 aliphatic rings. The summed E-state index contributed by atoms with van der Waals surface area (Å²) < 4.78 is 0. The minimum Gasteiger partial charge on any atom is -0.325 e. The first-order valence-corrected chi connectivity index (χ1v) is 3.93. The topological polar surface area (TPSA) is 32.9 Å². The van der Waals surface area contributed by atoms with Gasteiger partial charge in [-0.2, -0.15) is 0 Å². The van der Waals surface area contributed by atoms with E-state index in [2.05, 4.69) is 4.98 Å². The average Bonchev–Trinajstić information content (AvgIpc) is 2.02. The van der Waals surface area contributed by atoms with Crippen molar-refractivity contribution < 1.29 is 0 Å². The van der Waals surface area contributed by atoms with Crippen LogP contribution in [-0.4, -0.2) is 4.98 Å². The highest BCUT2D eigenvalue weighted by Crippen LogP contribution is 1.98. The fourth-order valence-electron chi connectivity index (χ4n) is 0.554. The SMILES string of the molecule is CC.Cc1ccc(Cl)c(=O)[nH]1. The third-order valence-electron chi connectivity index (χ3n) is 1.01. The van der Waals surface area contributed by atoms with Gasteiger partial charge < -0.3 is 4.98 Å². The molecule has 0 fully saturated rings. The van der Waals surface area contributed by atoms with Crippen molar-refractivity contribution in [1.29, 1.82) is 0 Å². The molecular weight excluding hydrogens is 162 g/mol. The predicted octanol–water partition coefficient (Wildman–Crippen LogP) is 2.36. The molecule has 62 valence electrons. The van der Waals surface area contributed by atoms with Gasteiger partial charge in [0.15, 0.2) is 0 Å². The normalized spacial score (nSPS) is 8.36. The molecule has 0 aliphatic carbocycles. The maximum atomic E-state index is 10.7. The van der Waals surface area contributed by atoms with E-state index in [4.69, 9.17) is 11.6 Å². The van der Waals surface area contributed by atoms with Crippen molar-refractivity contribution in [3.63, 3.8) is 0 Å². The lowest BCUT2D eigenvalue weighted by Gasteiger charge is -1.89. The van der Waals surface area contributed by atoms with E-state index >= 15 is 0 Å². The molecule has 0 radical (unpaired) electrons. The molecule has 1 rings (SSSR count). The van der Waals surface area contributed by atoms with Gasteiger partial charge >= 0.3 is 0 Å². The van der Waals surface area contributed by atoms with Gasteiger partial charge in [0.05, 0.1) is 0 Å². The monoisotopic (exact) mass is 173 g/mol. The van der Waals surface area contributed by atoms with Crippen molar-refractivity contribution in [3.05, 3.63) is 33.2 Å². The Hall–Kier alpha value is -0.760. The Balaban J connectivity index is 0.000000461. The number of aromatic amines is 1. The first-order chi connectivity index (χ1) is 5.20. The largest absolute Gasteiger partial charge is 0.325 e.